The van der Waals surface area contributed by atoms with Gasteiger partial charge in [0.15, 0.2) is 0 Å². The second kappa shape index (κ2) is 3.96. The molecule has 0 fully saturated rings. The standard InChI is InChI=1S/C12H13N3O/c1-4-14(3)12(16)10-7-9(2)11-13-5-6-15(11)8-10/h2,5-8H,4H2,1,3H3. The molecular formula is C12H13N3O. The zero-order valence-electron chi connectivity index (χ0n) is 9.34. The zero-order valence-corrected chi connectivity index (χ0v) is 9.34. The van der Waals surface area contributed by atoms with E-state index >= 15 is 0 Å². The molecule has 0 saturated carbocycles. The van der Waals surface area contributed by atoms with E-state index in [9.17, 15) is 4.79 Å². The summed E-state index contributed by atoms with van der Waals surface area (Å²) in [6, 6.07) is 1.66. The van der Waals surface area contributed by atoms with Crippen LogP contribution in [-0.2, 0) is 0 Å². The predicted molar refractivity (Wildman–Crippen MR) is 61.2 cm³/mol. The van der Waals surface area contributed by atoms with Crippen LogP contribution in [0.2, 0.25) is 0 Å². The minimum Gasteiger partial charge on any atom is -0.342 e. The van der Waals surface area contributed by atoms with Crippen molar-refractivity contribution in [3.63, 3.8) is 0 Å². The first-order chi connectivity index (χ1) is 7.63. The molecule has 2 rings (SSSR count). The topological polar surface area (TPSA) is 37.6 Å². The van der Waals surface area contributed by atoms with Crippen molar-refractivity contribution in [2.75, 3.05) is 13.6 Å². The van der Waals surface area contributed by atoms with Gasteiger partial charge < -0.3 is 9.30 Å². The number of carbonyl (C=O) groups excluding carboxylic acids is 1. The smallest absolute Gasteiger partial charge is 0.255 e. The Morgan fingerprint density at radius 2 is 2.38 bits per heavy atom. The lowest BCUT2D eigenvalue weighted by atomic mass is 10.2. The van der Waals surface area contributed by atoms with Crippen LogP contribution >= 0.6 is 0 Å². The van der Waals surface area contributed by atoms with Crippen LogP contribution in [-0.4, -0.2) is 33.8 Å². The van der Waals surface area contributed by atoms with Crippen LogP contribution in [0.5, 0.6) is 0 Å². The van der Waals surface area contributed by atoms with Gasteiger partial charge in [-0.15, -0.1) is 0 Å². The summed E-state index contributed by atoms with van der Waals surface area (Å²) in [5.41, 5.74) is 1.77. The van der Waals surface area contributed by atoms with Gasteiger partial charge in [0.2, 0.25) is 0 Å². The molecule has 0 aliphatic carbocycles. The summed E-state index contributed by atoms with van der Waals surface area (Å²) >= 11 is 0. The summed E-state index contributed by atoms with van der Waals surface area (Å²) in [5.74, 6) is -0.0372. The molecule has 2 heterocycles. The Morgan fingerprint density at radius 3 is 3.06 bits per heavy atom. The van der Waals surface area contributed by atoms with E-state index in [0.29, 0.717) is 23.3 Å². The van der Waals surface area contributed by atoms with Gasteiger partial charge in [-0.2, -0.15) is 0 Å². The number of pyridine rings is 1. The van der Waals surface area contributed by atoms with Crippen molar-refractivity contribution in [3.05, 3.63) is 42.7 Å². The van der Waals surface area contributed by atoms with Gasteiger partial charge in [0.05, 0.1) is 5.56 Å². The average molecular weight is 215 g/mol. The fraction of sp³-hybridized carbons (Fsp3) is 0.250. The van der Waals surface area contributed by atoms with Crippen molar-refractivity contribution in [1.29, 1.82) is 0 Å². The maximum absolute atomic E-state index is 11.9. The first kappa shape index (κ1) is 10.7. The molecule has 0 N–H and O–H groups in total. The molecule has 4 nitrogen and oxygen atoms in total. The summed E-state index contributed by atoms with van der Waals surface area (Å²) in [5, 5.41) is 0. The van der Waals surface area contributed by atoms with Crippen LogP contribution in [0.1, 0.15) is 22.8 Å². The largest absolute Gasteiger partial charge is 0.342 e. The number of fused-ring (bicyclic) bond motifs is 1. The number of hydrogen-bond donors (Lipinski definition) is 0. The van der Waals surface area contributed by atoms with Crippen molar-refractivity contribution >= 4 is 11.6 Å². The second-order valence-corrected chi connectivity index (χ2v) is 3.66. The first-order valence-corrected chi connectivity index (χ1v) is 5.11. The Morgan fingerprint density at radius 1 is 1.62 bits per heavy atom. The average Bonchev–Trinajstić information content (AvgIpc) is 2.75. The van der Waals surface area contributed by atoms with E-state index < -0.39 is 0 Å². The molecule has 2 radical (unpaired) electrons. The van der Waals surface area contributed by atoms with Gasteiger partial charge in [-0.05, 0) is 13.0 Å². The highest BCUT2D eigenvalue weighted by molar-refractivity contribution is 5.94. The van der Waals surface area contributed by atoms with Gasteiger partial charge in [-0.25, -0.2) is 4.98 Å². The molecule has 4 heteroatoms. The Balaban J connectivity index is 2.49. The third-order valence-electron chi connectivity index (χ3n) is 2.58. The lowest BCUT2D eigenvalue weighted by Gasteiger charge is -2.14. The minimum absolute atomic E-state index is 0.0372. The van der Waals surface area contributed by atoms with Crippen molar-refractivity contribution in [1.82, 2.24) is 14.3 Å². The van der Waals surface area contributed by atoms with Crippen molar-refractivity contribution in [2.24, 2.45) is 0 Å². The third-order valence-corrected chi connectivity index (χ3v) is 2.58. The van der Waals surface area contributed by atoms with E-state index in [1.54, 1.807) is 41.0 Å². The summed E-state index contributed by atoms with van der Waals surface area (Å²) < 4.78 is 1.76. The minimum atomic E-state index is -0.0372. The van der Waals surface area contributed by atoms with Crippen LogP contribution < -0.4 is 0 Å². The number of nitrogens with zero attached hydrogens (tertiary/aromatic N) is 3. The van der Waals surface area contributed by atoms with Crippen molar-refractivity contribution in [3.8, 4) is 0 Å². The van der Waals surface area contributed by atoms with Gasteiger partial charge in [-0.1, -0.05) is 0 Å². The number of amides is 1. The number of rotatable bonds is 2. The van der Waals surface area contributed by atoms with Crippen molar-refractivity contribution < 1.29 is 4.79 Å². The van der Waals surface area contributed by atoms with E-state index in [4.69, 9.17) is 6.92 Å². The van der Waals surface area contributed by atoms with Crippen molar-refractivity contribution in [2.45, 2.75) is 6.92 Å². The molecule has 0 bridgehead atoms. The summed E-state index contributed by atoms with van der Waals surface area (Å²) in [6.45, 7) is 8.42. The molecule has 2 aromatic heterocycles. The van der Waals surface area contributed by atoms with Gasteiger partial charge in [0.1, 0.15) is 5.65 Å². The molecule has 0 aromatic carbocycles. The lowest BCUT2D eigenvalue weighted by molar-refractivity contribution is 0.0802. The van der Waals surface area contributed by atoms with E-state index in [2.05, 4.69) is 4.98 Å². The molecule has 0 unspecified atom stereocenters. The molecule has 2 aromatic rings. The Kier molecular flexibility index (Phi) is 2.64. The predicted octanol–water partition coefficient (Wildman–Crippen LogP) is 1.49. The van der Waals surface area contributed by atoms with Crippen LogP contribution in [0.15, 0.2) is 24.7 Å². The zero-order chi connectivity index (χ0) is 11.7. The molecule has 16 heavy (non-hydrogen) atoms. The highest BCUT2D eigenvalue weighted by atomic mass is 16.2. The van der Waals surface area contributed by atoms with Crippen LogP contribution in [0.4, 0.5) is 0 Å². The quantitative estimate of drug-likeness (QED) is 0.761. The summed E-state index contributed by atoms with van der Waals surface area (Å²) in [6.07, 6.45) is 5.17. The lowest BCUT2D eigenvalue weighted by Crippen LogP contribution is -2.26. The highest BCUT2D eigenvalue weighted by Gasteiger charge is 2.12. The fourth-order valence-corrected chi connectivity index (χ4v) is 1.54. The Hall–Kier alpha value is -1.84. The van der Waals surface area contributed by atoms with Gasteiger partial charge >= 0.3 is 0 Å². The number of hydrogen-bond acceptors (Lipinski definition) is 2. The molecule has 1 amide bonds. The van der Waals surface area contributed by atoms with Gasteiger partial charge in [-0.3, -0.25) is 4.79 Å². The monoisotopic (exact) mass is 215 g/mol. The summed E-state index contributed by atoms with van der Waals surface area (Å²) in [4.78, 5) is 17.7. The van der Waals surface area contributed by atoms with E-state index in [0.717, 1.165) is 0 Å². The van der Waals surface area contributed by atoms with E-state index in [1.807, 2.05) is 6.92 Å². The molecule has 0 spiro atoms. The normalized spacial score (nSPS) is 10.7. The molecular weight excluding hydrogens is 202 g/mol. The van der Waals surface area contributed by atoms with Crippen LogP contribution in [0, 0.1) is 6.92 Å². The molecule has 0 atom stereocenters. The Labute approximate surface area is 94.5 Å². The number of imidazole rings is 1. The van der Waals surface area contributed by atoms with Gasteiger partial charge in [0, 0.05) is 44.7 Å². The maximum Gasteiger partial charge on any atom is 0.255 e. The number of aromatic nitrogens is 2. The molecule has 0 aliphatic rings. The van der Waals surface area contributed by atoms with Crippen LogP contribution in [0.25, 0.3) is 5.65 Å². The molecule has 82 valence electrons. The SMILES string of the molecule is [CH]c1cc(C(=O)N(C)CC)cn2ccnc12. The fourth-order valence-electron chi connectivity index (χ4n) is 1.54. The van der Waals surface area contributed by atoms with Gasteiger partial charge in [0.25, 0.3) is 5.91 Å². The first-order valence-electron chi connectivity index (χ1n) is 5.11. The molecule has 0 saturated heterocycles. The van der Waals surface area contributed by atoms with E-state index in [-0.39, 0.29) is 5.91 Å². The van der Waals surface area contributed by atoms with E-state index in [1.165, 1.54) is 0 Å². The third kappa shape index (κ3) is 1.66. The summed E-state index contributed by atoms with van der Waals surface area (Å²) in [7, 11) is 1.76. The maximum atomic E-state index is 11.9. The highest BCUT2D eigenvalue weighted by Crippen LogP contribution is 2.12. The Bertz CT molecular complexity index is 530. The number of carbonyl (C=O) groups is 1. The second-order valence-electron chi connectivity index (χ2n) is 3.66. The van der Waals surface area contributed by atoms with Crippen LogP contribution in [0.3, 0.4) is 0 Å². The molecule has 0 aliphatic heterocycles.